The SMILES string of the molecule is C(=Cc1ccccc1)CN1CC2CCC(C1)N2. The van der Waals surface area contributed by atoms with Crippen molar-refractivity contribution < 1.29 is 0 Å². The Bertz CT molecular complexity index is 373. The molecule has 2 atom stereocenters. The topological polar surface area (TPSA) is 15.3 Å². The maximum atomic E-state index is 3.66. The van der Waals surface area contributed by atoms with Gasteiger partial charge >= 0.3 is 0 Å². The Morgan fingerprint density at radius 2 is 1.82 bits per heavy atom. The molecule has 2 saturated heterocycles. The van der Waals surface area contributed by atoms with Gasteiger partial charge in [0.1, 0.15) is 0 Å². The molecule has 90 valence electrons. The first-order chi connectivity index (χ1) is 8.40. The van der Waals surface area contributed by atoms with Crippen LogP contribution in [-0.4, -0.2) is 36.6 Å². The second kappa shape index (κ2) is 5.03. The first-order valence-corrected chi connectivity index (χ1v) is 6.60. The highest BCUT2D eigenvalue weighted by Crippen LogP contribution is 2.19. The summed E-state index contributed by atoms with van der Waals surface area (Å²) in [5.74, 6) is 0. The fraction of sp³-hybridized carbons (Fsp3) is 0.467. The van der Waals surface area contributed by atoms with Gasteiger partial charge in [-0.15, -0.1) is 0 Å². The van der Waals surface area contributed by atoms with Crippen LogP contribution >= 0.6 is 0 Å². The summed E-state index contributed by atoms with van der Waals surface area (Å²) in [6, 6.07) is 12.0. The van der Waals surface area contributed by atoms with E-state index in [1.165, 1.54) is 31.5 Å². The number of piperazine rings is 1. The molecule has 17 heavy (non-hydrogen) atoms. The first kappa shape index (κ1) is 11.0. The molecule has 1 aromatic carbocycles. The molecule has 0 saturated carbocycles. The van der Waals surface area contributed by atoms with Gasteiger partial charge in [-0.2, -0.15) is 0 Å². The molecule has 2 heteroatoms. The molecule has 2 nitrogen and oxygen atoms in total. The fourth-order valence-corrected chi connectivity index (χ4v) is 2.94. The monoisotopic (exact) mass is 228 g/mol. The van der Waals surface area contributed by atoms with Crippen LogP contribution in [0.4, 0.5) is 0 Å². The number of hydrogen-bond acceptors (Lipinski definition) is 2. The Morgan fingerprint density at radius 1 is 1.12 bits per heavy atom. The summed E-state index contributed by atoms with van der Waals surface area (Å²) in [7, 11) is 0. The van der Waals surface area contributed by atoms with Crippen LogP contribution in [-0.2, 0) is 0 Å². The number of hydrogen-bond donors (Lipinski definition) is 1. The average Bonchev–Trinajstić information content (AvgIpc) is 2.70. The molecular formula is C15H20N2. The highest BCUT2D eigenvalue weighted by atomic mass is 15.2. The van der Waals surface area contributed by atoms with Crippen molar-refractivity contribution in [3.63, 3.8) is 0 Å². The van der Waals surface area contributed by atoms with Gasteiger partial charge in [0.25, 0.3) is 0 Å². The summed E-state index contributed by atoms with van der Waals surface area (Å²) in [6.07, 6.45) is 7.25. The number of likely N-dealkylation sites (tertiary alicyclic amines) is 1. The minimum atomic E-state index is 0.749. The lowest BCUT2D eigenvalue weighted by atomic mass is 10.2. The van der Waals surface area contributed by atoms with Gasteiger partial charge in [0.15, 0.2) is 0 Å². The third-order valence-corrected chi connectivity index (χ3v) is 3.77. The maximum absolute atomic E-state index is 3.66. The average molecular weight is 228 g/mol. The van der Waals surface area contributed by atoms with E-state index in [0.29, 0.717) is 0 Å². The molecular weight excluding hydrogens is 208 g/mol. The lowest BCUT2D eigenvalue weighted by Gasteiger charge is -2.31. The van der Waals surface area contributed by atoms with Gasteiger partial charge in [0.2, 0.25) is 0 Å². The standard InChI is InChI=1S/C15H20N2/c1-2-5-13(6-3-1)7-4-10-17-11-14-8-9-15(12-17)16-14/h1-7,14-16H,8-12H2. The van der Waals surface area contributed by atoms with Gasteiger partial charge in [-0.25, -0.2) is 0 Å². The van der Waals surface area contributed by atoms with E-state index < -0.39 is 0 Å². The number of nitrogens with zero attached hydrogens (tertiary/aromatic N) is 1. The van der Waals surface area contributed by atoms with Crippen molar-refractivity contribution in [1.29, 1.82) is 0 Å². The first-order valence-electron chi connectivity index (χ1n) is 6.60. The van der Waals surface area contributed by atoms with Crippen molar-refractivity contribution in [3.05, 3.63) is 42.0 Å². The van der Waals surface area contributed by atoms with E-state index in [4.69, 9.17) is 0 Å². The number of nitrogens with one attached hydrogen (secondary N) is 1. The normalized spacial score (nSPS) is 28.9. The van der Waals surface area contributed by atoms with E-state index in [1.54, 1.807) is 0 Å². The molecule has 0 aliphatic carbocycles. The van der Waals surface area contributed by atoms with Gasteiger partial charge in [-0.3, -0.25) is 4.90 Å². The number of rotatable bonds is 3. The van der Waals surface area contributed by atoms with E-state index in [1.807, 2.05) is 0 Å². The van der Waals surface area contributed by atoms with Gasteiger partial charge in [0, 0.05) is 31.7 Å². The summed E-state index contributed by atoms with van der Waals surface area (Å²) in [5.41, 5.74) is 1.30. The van der Waals surface area contributed by atoms with Crippen LogP contribution in [0.15, 0.2) is 36.4 Å². The highest BCUT2D eigenvalue weighted by Gasteiger charge is 2.31. The third-order valence-electron chi connectivity index (χ3n) is 3.77. The summed E-state index contributed by atoms with van der Waals surface area (Å²) < 4.78 is 0. The van der Waals surface area contributed by atoms with E-state index >= 15 is 0 Å². The number of benzene rings is 1. The van der Waals surface area contributed by atoms with Crippen molar-refractivity contribution in [1.82, 2.24) is 10.2 Å². The summed E-state index contributed by atoms with van der Waals surface area (Å²) in [4.78, 5) is 2.57. The second-order valence-electron chi connectivity index (χ2n) is 5.17. The van der Waals surface area contributed by atoms with E-state index in [0.717, 1.165) is 18.6 Å². The van der Waals surface area contributed by atoms with Crippen LogP contribution < -0.4 is 5.32 Å². The largest absolute Gasteiger partial charge is 0.309 e. The van der Waals surface area contributed by atoms with Crippen molar-refractivity contribution >= 4 is 6.08 Å². The van der Waals surface area contributed by atoms with Crippen molar-refractivity contribution in [2.75, 3.05) is 19.6 Å². The molecule has 2 bridgehead atoms. The van der Waals surface area contributed by atoms with Crippen LogP contribution in [0.1, 0.15) is 18.4 Å². The quantitative estimate of drug-likeness (QED) is 0.852. The van der Waals surface area contributed by atoms with Gasteiger partial charge in [-0.05, 0) is 18.4 Å². The van der Waals surface area contributed by atoms with Gasteiger partial charge < -0.3 is 5.32 Å². The lowest BCUT2D eigenvalue weighted by molar-refractivity contribution is 0.215. The Morgan fingerprint density at radius 3 is 2.53 bits per heavy atom. The lowest BCUT2D eigenvalue weighted by Crippen LogP contribution is -2.50. The number of fused-ring (bicyclic) bond motifs is 2. The predicted octanol–water partition coefficient (Wildman–Crippen LogP) is 2.14. The van der Waals surface area contributed by atoms with Crippen molar-refractivity contribution in [2.45, 2.75) is 24.9 Å². The molecule has 2 aliphatic rings. The molecule has 2 heterocycles. The molecule has 0 aromatic heterocycles. The van der Waals surface area contributed by atoms with Crippen LogP contribution in [0.2, 0.25) is 0 Å². The fourth-order valence-electron chi connectivity index (χ4n) is 2.94. The second-order valence-corrected chi connectivity index (χ2v) is 5.17. The van der Waals surface area contributed by atoms with Crippen LogP contribution in [0, 0.1) is 0 Å². The summed E-state index contributed by atoms with van der Waals surface area (Å²) in [5, 5.41) is 3.66. The zero-order chi connectivity index (χ0) is 11.5. The Kier molecular flexibility index (Phi) is 3.25. The van der Waals surface area contributed by atoms with Crippen LogP contribution in [0.5, 0.6) is 0 Å². The van der Waals surface area contributed by atoms with E-state index in [-0.39, 0.29) is 0 Å². The van der Waals surface area contributed by atoms with Gasteiger partial charge in [0.05, 0.1) is 0 Å². The molecule has 2 unspecified atom stereocenters. The Balaban J connectivity index is 1.53. The molecule has 0 amide bonds. The van der Waals surface area contributed by atoms with Crippen LogP contribution in [0.3, 0.4) is 0 Å². The van der Waals surface area contributed by atoms with Crippen molar-refractivity contribution in [2.24, 2.45) is 0 Å². The predicted molar refractivity (Wildman–Crippen MR) is 71.9 cm³/mol. The molecule has 0 radical (unpaired) electrons. The maximum Gasteiger partial charge on any atom is 0.0198 e. The third kappa shape index (κ3) is 2.76. The van der Waals surface area contributed by atoms with Gasteiger partial charge in [-0.1, -0.05) is 42.5 Å². The molecule has 3 rings (SSSR count). The smallest absolute Gasteiger partial charge is 0.0198 e. The summed E-state index contributed by atoms with van der Waals surface area (Å²) >= 11 is 0. The minimum absolute atomic E-state index is 0.749. The zero-order valence-electron chi connectivity index (χ0n) is 10.2. The minimum Gasteiger partial charge on any atom is -0.309 e. The van der Waals surface area contributed by atoms with Crippen LogP contribution in [0.25, 0.3) is 6.08 Å². The zero-order valence-corrected chi connectivity index (χ0v) is 10.2. The Hall–Kier alpha value is -1.12. The molecule has 2 fully saturated rings. The Labute approximate surface area is 103 Å². The molecule has 1 N–H and O–H groups in total. The summed E-state index contributed by atoms with van der Waals surface area (Å²) in [6.45, 7) is 3.52. The molecule has 0 spiro atoms. The molecule has 2 aliphatic heterocycles. The van der Waals surface area contributed by atoms with E-state index in [2.05, 4.69) is 52.7 Å². The van der Waals surface area contributed by atoms with Crippen molar-refractivity contribution in [3.8, 4) is 0 Å². The van der Waals surface area contributed by atoms with E-state index in [9.17, 15) is 0 Å². The molecule has 1 aromatic rings. The highest BCUT2D eigenvalue weighted by molar-refractivity contribution is 5.48.